The molecule has 270 valence electrons. The molecule has 1 fully saturated rings. The molecule has 2 aromatic rings. The van der Waals surface area contributed by atoms with Crippen LogP contribution < -0.4 is 14.9 Å². The summed E-state index contributed by atoms with van der Waals surface area (Å²) in [5.74, 6) is -1.06. The summed E-state index contributed by atoms with van der Waals surface area (Å²) in [5.41, 5.74) is -2.23. The van der Waals surface area contributed by atoms with Gasteiger partial charge in [-0.05, 0) is 60.0 Å². The Balaban J connectivity index is 2.07. The van der Waals surface area contributed by atoms with Gasteiger partial charge in [-0.2, -0.15) is 18.2 Å². The molecular formula is C34H52F3N3O6SSi. The molecular weight excluding hydrogens is 664 g/mol. The molecule has 0 saturated carbocycles. The van der Waals surface area contributed by atoms with Crippen LogP contribution in [0.15, 0.2) is 29.4 Å². The predicted molar refractivity (Wildman–Crippen MR) is 183 cm³/mol. The number of halogens is 3. The minimum atomic E-state index is -4.72. The molecule has 1 saturated heterocycles. The third kappa shape index (κ3) is 10.4. The third-order valence-electron chi connectivity index (χ3n) is 8.79. The number of carboxylic acid groups (broad SMARTS) is 1. The molecule has 1 aliphatic heterocycles. The van der Waals surface area contributed by atoms with Crippen molar-refractivity contribution in [3.05, 3.63) is 45.2 Å². The molecule has 0 radical (unpaired) electrons. The largest absolute Gasteiger partial charge is 0.491 e. The van der Waals surface area contributed by atoms with E-state index in [1.165, 1.54) is 11.3 Å². The van der Waals surface area contributed by atoms with E-state index in [9.17, 15) is 27.9 Å². The van der Waals surface area contributed by atoms with Crippen molar-refractivity contribution in [1.29, 1.82) is 0 Å². The zero-order valence-electron chi connectivity index (χ0n) is 30.0. The van der Waals surface area contributed by atoms with Crippen molar-refractivity contribution in [2.75, 3.05) is 13.2 Å². The topological polar surface area (TPSA) is 111 Å². The van der Waals surface area contributed by atoms with Gasteiger partial charge < -0.3 is 28.9 Å². The first kappa shape index (κ1) is 39.8. The molecule has 0 spiro atoms. The quantitative estimate of drug-likeness (QED) is 0.240. The van der Waals surface area contributed by atoms with Crippen molar-refractivity contribution < 1.29 is 41.8 Å². The van der Waals surface area contributed by atoms with Crippen LogP contribution in [0.1, 0.15) is 96.0 Å². The predicted octanol–water partition coefficient (Wildman–Crippen LogP) is 8.24. The van der Waals surface area contributed by atoms with Crippen molar-refractivity contribution >= 4 is 31.7 Å². The van der Waals surface area contributed by atoms with Crippen LogP contribution in [0.5, 0.6) is 5.75 Å². The highest BCUT2D eigenvalue weighted by Crippen LogP contribution is 2.41. The Morgan fingerprint density at radius 3 is 2.27 bits per heavy atom. The van der Waals surface area contributed by atoms with Crippen LogP contribution in [-0.4, -0.2) is 61.5 Å². The van der Waals surface area contributed by atoms with Gasteiger partial charge in [0.05, 0.1) is 35.9 Å². The molecule has 2 heterocycles. The van der Waals surface area contributed by atoms with E-state index < -0.39 is 49.6 Å². The minimum absolute atomic E-state index is 0.0584. The zero-order valence-corrected chi connectivity index (χ0v) is 31.8. The molecule has 3 atom stereocenters. The van der Waals surface area contributed by atoms with Crippen LogP contribution in [0.3, 0.4) is 0 Å². The van der Waals surface area contributed by atoms with Crippen molar-refractivity contribution in [2.45, 2.75) is 130 Å². The Hall–Kier alpha value is -2.68. The summed E-state index contributed by atoms with van der Waals surface area (Å²) in [6, 6.07) is 1.73. The van der Waals surface area contributed by atoms with Gasteiger partial charge in [0.1, 0.15) is 12.4 Å². The fraction of sp³-hybridized carbons (Fsp3) is 0.676. The number of nitrogens with zero attached hydrogens (tertiary/aromatic N) is 2. The Morgan fingerprint density at radius 1 is 1.12 bits per heavy atom. The maximum Gasteiger partial charge on any atom is 0.416 e. The fourth-order valence-corrected chi connectivity index (χ4v) is 7.56. The van der Waals surface area contributed by atoms with Gasteiger partial charge in [-0.15, -0.1) is 11.3 Å². The molecule has 0 bridgehead atoms. The summed E-state index contributed by atoms with van der Waals surface area (Å²) in [6.07, 6.45) is -3.06. The lowest BCUT2D eigenvalue weighted by Gasteiger charge is -2.45. The molecule has 1 unspecified atom stereocenters. The highest BCUT2D eigenvalue weighted by atomic mass is 32.1. The van der Waals surface area contributed by atoms with Crippen LogP contribution in [0.4, 0.5) is 18.0 Å². The second-order valence-corrected chi connectivity index (χ2v) is 21.8. The van der Waals surface area contributed by atoms with Crippen LogP contribution in [0, 0.1) is 5.41 Å². The van der Waals surface area contributed by atoms with Gasteiger partial charge in [-0.3, -0.25) is 4.79 Å². The normalized spacial score (nSPS) is 18.1. The summed E-state index contributed by atoms with van der Waals surface area (Å²) in [7, 11) is -2.42. The van der Waals surface area contributed by atoms with Crippen molar-refractivity contribution in [3.8, 4) is 5.75 Å². The van der Waals surface area contributed by atoms with Gasteiger partial charge in [0, 0.05) is 17.7 Å². The second kappa shape index (κ2) is 14.7. The number of nitrogens with one attached hydrogen (secondary N) is 1. The number of benzene rings is 1. The molecule has 1 aliphatic rings. The van der Waals surface area contributed by atoms with Crippen molar-refractivity contribution in [2.24, 2.45) is 10.4 Å². The molecule has 14 heteroatoms. The molecule has 1 aromatic carbocycles. The van der Waals surface area contributed by atoms with Gasteiger partial charge in [-0.25, -0.2) is 4.79 Å². The Kier molecular flexibility index (Phi) is 12.1. The molecule has 48 heavy (non-hydrogen) atoms. The van der Waals surface area contributed by atoms with E-state index in [0.717, 1.165) is 35.9 Å². The number of hydrogen-bond acceptors (Lipinski definition) is 6. The summed E-state index contributed by atoms with van der Waals surface area (Å²) in [5, 5.41) is 12.1. The molecule has 3 rings (SSSR count). The average Bonchev–Trinajstić information content (AvgIpc) is 3.58. The van der Waals surface area contributed by atoms with E-state index in [0.29, 0.717) is 18.0 Å². The lowest BCUT2D eigenvalue weighted by molar-refractivity contribution is -0.137. The van der Waals surface area contributed by atoms with E-state index in [2.05, 4.69) is 44.2 Å². The second-order valence-electron chi connectivity index (χ2n) is 16.1. The van der Waals surface area contributed by atoms with E-state index in [1.54, 1.807) is 0 Å². The maximum atomic E-state index is 13.9. The average molecular weight is 716 g/mol. The van der Waals surface area contributed by atoms with Gasteiger partial charge in [0.2, 0.25) is 0 Å². The molecule has 9 nitrogen and oxygen atoms in total. The zero-order chi connectivity index (χ0) is 36.5. The van der Waals surface area contributed by atoms with Crippen LogP contribution in [-0.2, 0) is 27.3 Å². The first-order chi connectivity index (χ1) is 21.8. The van der Waals surface area contributed by atoms with E-state index >= 15 is 0 Å². The molecule has 0 aliphatic carbocycles. The van der Waals surface area contributed by atoms with Crippen LogP contribution >= 0.6 is 11.3 Å². The number of alkyl halides is 3. The number of aromatic nitrogens is 1. The monoisotopic (exact) mass is 715 g/mol. The first-order valence-corrected chi connectivity index (χ1v) is 19.9. The Morgan fingerprint density at radius 2 is 1.77 bits per heavy atom. The molecule has 1 aromatic heterocycles. The first-order valence-electron chi connectivity index (χ1n) is 16.2. The van der Waals surface area contributed by atoms with E-state index in [4.69, 9.17) is 13.9 Å². The minimum Gasteiger partial charge on any atom is -0.491 e. The maximum absolute atomic E-state index is 13.9. The van der Waals surface area contributed by atoms with E-state index in [1.807, 2.05) is 52.3 Å². The number of ether oxygens (including phenoxy) is 2. The summed E-state index contributed by atoms with van der Waals surface area (Å²) in [4.78, 5) is 31.4. The lowest BCUT2D eigenvalue weighted by atomic mass is 9.85. The smallest absolute Gasteiger partial charge is 0.416 e. The SMILES string of the molecule is CC(C)(C)c1cn(C[C@H]2CCCO2)c(=NC(=O)c2cc(C(F)(F)F)ccc2OC[C@@H](NC(=O)O)C(O[Si](C)(C)C(C)(C)C)C(C)(C)C)s1. The molecule has 2 N–H and O–H groups in total. The summed E-state index contributed by atoms with van der Waals surface area (Å²) in [6.45, 7) is 23.0. The number of rotatable bonds is 10. The van der Waals surface area contributed by atoms with Gasteiger partial charge >= 0.3 is 12.3 Å². The highest BCUT2D eigenvalue weighted by Gasteiger charge is 2.45. The van der Waals surface area contributed by atoms with Gasteiger partial charge in [-0.1, -0.05) is 62.3 Å². The number of hydrogen-bond donors (Lipinski definition) is 2. The highest BCUT2D eigenvalue weighted by molar-refractivity contribution is 7.09. The summed E-state index contributed by atoms with van der Waals surface area (Å²) >= 11 is 1.30. The summed E-state index contributed by atoms with van der Waals surface area (Å²) < 4.78 is 62.0. The van der Waals surface area contributed by atoms with E-state index in [-0.39, 0.29) is 34.5 Å². The number of carbonyl (C=O) groups excluding carboxylic acids is 1. The van der Waals surface area contributed by atoms with Crippen molar-refractivity contribution in [1.82, 2.24) is 9.88 Å². The Bertz CT molecular complexity index is 1510. The lowest BCUT2D eigenvalue weighted by Crippen LogP contribution is -2.57. The van der Waals surface area contributed by atoms with Crippen molar-refractivity contribution in [3.63, 3.8) is 0 Å². The van der Waals surface area contributed by atoms with Gasteiger partial charge in [0.15, 0.2) is 13.1 Å². The third-order valence-corrected chi connectivity index (χ3v) is 14.7. The van der Waals surface area contributed by atoms with Crippen LogP contribution in [0.25, 0.3) is 0 Å². The molecule has 2 amide bonds. The number of amides is 2. The number of carbonyl (C=O) groups is 2. The standard InChI is InChI=1S/C34H52F3N3O6SSi/c1-31(2,3)26-19-40(18-22-13-12-16-44-22)29(47-26)39-28(41)23-17-21(34(35,36)37)14-15-25(23)45-20-24(38-30(42)43)27(32(4,5)6)46-48(10,11)33(7,8)9/h14-15,17,19,22,24,27,38H,12-13,16,18,20H2,1-11H3,(H,42,43)/t22-,24-,27?/m1/s1. The van der Waals surface area contributed by atoms with Gasteiger partial charge in [0.25, 0.3) is 5.91 Å². The number of thiazole rings is 1. The van der Waals surface area contributed by atoms with Crippen LogP contribution in [0.2, 0.25) is 18.1 Å². The fourth-order valence-electron chi connectivity index (χ4n) is 5.00. The Labute approximate surface area is 287 Å².